The SMILES string of the molecule is C=Cn1cc(CNC2=CC=C(C(C)C)NC2)cn1. The lowest BCUT2D eigenvalue weighted by Crippen LogP contribution is -2.28. The maximum atomic E-state index is 4.15. The Morgan fingerprint density at radius 1 is 1.56 bits per heavy atom. The highest BCUT2D eigenvalue weighted by molar-refractivity contribution is 5.24. The zero-order chi connectivity index (χ0) is 13.0. The van der Waals surface area contributed by atoms with Crippen molar-refractivity contribution in [2.45, 2.75) is 20.4 Å². The van der Waals surface area contributed by atoms with Crippen molar-refractivity contribution >= 4 is 6.20 Å². The van der Waals surface area contributed by atoms with Crippen LogP contribution in [0.3, 0.4) is 0 Å². The van der Waals surface area contributed by atoms with Crippen molar-refractivity contribution in [2.24, 2.45) is 5.92 Å². The second-order valence-corrected chi connectivity index (χ2v) is 4.69. The van der Waals surface area contributed by atoms with Crippen LogP contribution in [0.15, 0.2) is 42.5 Å². The minimum Gasteiger partial charge on any atom is -0.383 e. The molecule has 1 aromatic heterocycles. The predicted molar refractivity (Wildman–Crippen MR) is 74.5 cm³/mol. The molecular formula is C14H20N4. The Balaban J connectivity index is 1.89. The van der Waals surface area contributed by atoms with Crippen LogP contribution in [-0.2, 0) is 6.54 Å². The van der Waals surface area contributed by atoms with Gasteiger partial charge in [-0.1, -0.05) is 20.4 Å². The first-order chi connectivity index (χ1) is 8.69. The average molecular weight is 244 g/mol. The van der Waals surface area contributed by atoms with E-state index >= 15 is 0 Å². The molecular weight excluding hydrogens is 224 g/mol. The molecule has 4 nitrogen and oxygen atoms in total. The molecule has 1 aliphatic heterocycles. The first-order valence-electron chi connectivity index (χ1n) is 6.23. The summed E-state index contributed by atoms with van der Waals surface area (Å²) >= 11 is 0. The lowest BCUT2D eigenvalue weighted by molar-refractivity contribution is 0.641. The van der Waals surface area contributed by atoms with Gasteiger partial charge < -0.3 is 10.6 Å². The summed E-state index contributed by atoms with van der Waals surface area (Å²) in [7, 11) is 0. The number of rotatable bonds is 5. The first kappa shape index (κ1) is 12.5. The van der Waals surface area contributed by atoms with Crippen LogP contribution < -0.4 is 10.6 Å². The van der Waals surface area contributed by atoms with E-state index in [2.05, 4.69) is 48.3 Å². The molecule has 2 N–H and O–H groups in total. The molecule has 0 saturated heterocycles. The molecule has 0 fully saturated rings. The molecule has 0 bridgehead atoms. The maximum Gasteiger partial charge on any atom is 0.0545 e. The minimum atomic E-state index is 0.550. The highest BCUT2D eigenvalue weighted by atomic mass is 15.2. The Bertz CT molecular complexity index is 480. The van der Waals surface area contributed by atoms with Gasteiger partial charge in [0.05, 0.1) is 12.7 Å². The summed E-state index contributed by atoms with van der Waals surface area (Å²) in [5, 5.41) is 11.0. The van der Waals surface area contributed by atoms with E-state index in [0.717, 1.165) is 18.7 Å². The van der Waals surface area contributed by atoms with Gasteiger partial charge in [0, 0.05) is 35.9 Å². The Labute approximate surface area is 108 Å². The second kappa shape index (κ2) is 5.58. The van der Waals surface area contributed by atoms with Crippen LogP contribution in [0.4, 0.5) is 0 Å². The quantitative estimate of drug-likeness (QED) is 0.833. The summed E-state index contributed by atoms with van der Waals surface area (Å²) in [4.78, 5) is 0. The van der Waals surface area contributed by atoms with Gasteiger partial charge in [0.2, 0.25) is 0 Å². The number of nitrogens with one attached hydrogen (secondary N) is 2. The molecule has 0 atom stereocenters. The van der Waals surface area contributed by atoms with E-state index in [1.807, 2.05) is 12.4 Å². The number of aromatic nitrogens is 2. The maximum absolute atomic E-state index is 4.15. The average Bonchev–Trinajstić information content (AvgIpc) is 2.85. The Morgan fingerprint density at radius 3 is 2.94 bits per heavy atom. The first-order valence-corrected chi connectivity index (χ1v) is 6.23. The lowest BCUT2D eigenvalue weighted by Gasteiger charge is -2.20. The molecule has 0 amide bonds. The van der Waals surface area contributed by atoms with Crippen molar-refractivity contribution in [1.82, 2.24) is 20.4 Å². The van der Waals surface area contributed by atoms with Crippen LogP contribution in [0, 0.1) is 5.92 Å². The fraction of sp³-hybridized carbons (Fsp3) is 0.357. The number of hydrogen-bond acceptors (Lipinski definition) is 3. The van der Waals surface area contributed by atoms with E-state index in [1.54, 1.807) is 10.9 Å². The van der Waals surface area contributed by atoms with Gasteiger partial charge in [-0.25, -0.2) is 4.68 Å². The van der Waals surface area contributed by atoms with E-state index < -0.39 is 0 Å². The van der Waals surface area contributed by atoms with Crippen molar-refractivity contribution in [3.63, 3.8) is 0 Å². The fourth-order valence-electron chi connectivity index (χ4n) is 1.81. The third-order valence-electron chi connectivity index (χ3n) is 2.93. The van der Waals surface area contributed by atoms with Crippen LogP contribution >= 0.6 is 0 Å². The number of dihydropyridines is 1. The summed E-state index contributed by atoms with van der Waals surface area (Å²) in [6, 6.07) is 0. The van der Waals surface area contributed by atoms with Crippen molar-refractivity contribution < 1.29 is 0 Å². The predicted octanol–water partition coefficient (Wildman–Crippen LogP) is 2.10. The Morgan fingerprint density at radius 2 is 2.39 bits per heavy atom. The topological polar surface area (TPSA) is 41.9 Å². The largest absolute Gasteiger partial charge is 0.383 e. The highest BCUT2D eigenvalue weighted by Gasteiger charge is 2.07. The van der Waals surface area contributed by atoms with E-state index in [9.17, 15) is 0 Å². The van der Waals surface area contributed by atoms with Crippen molar-refractivity contribution in [3.8, 4) is 0 Å². The van der Waals surface area contributed by atoms with Gasteiger partial charge in [-0.05, 0) is 18.1 Å². The van der Waals surface area contributed by atoms with Gasteiger partial charge in [0.15, 0.2) is 0 Å². The molecule has 0 unspecified atom stereocenters. The number of allylic oxidation sites excluding steroid dienone is 3. The molecule has 1 aromatic rings. The normalized spacial score (nSPS) is 14.8. The highest BCUT2D eigenvalue weighted by Crippen LogP contribution is 2.11. The molecule has 0 spiro atoms. The van der Waals surface area contributed by atoms with Gasteiger partial charge >= 0.3 is 0 Å². The molecule has 1 aliphatic rings. The van der Waals surface area contributed by atoms with E-state index in [-0.39, 0.29) is 0 Å². The van der Waals surface area contributed by atoms with Crippen molar-refractivity contribution in [1.29, 1.82) is 0 Å². The van der Waals surface area contributed by atoms with Crippen LogP contribution in [0.1, 0.15) is 19.4 Å². The number of nitrogens with zero attached hydrogens (tertiary/aromatic N) is 2. The molecule has 2 heterocycles. The van der Waals surface area contributed by atoms with Crippen LogP contribution in [0.25, 0.3) is 6.20 Å². The molecule has 0 aliphatic carbocycles. The minimum absolute atomic E-state index is 0.550. The third kappa shape index (κ3) is 3.03. The molecule has 2 rings (SSSR count). The zero-order valence-corrected chi connectivity index (χ0v) is 11.0. The zero-order valence-electron chi connectivity index (χ0n) is 11.0. The Kier molecular flexibility index (Phi) is 3.87. The molecule has 0 radical (unpaired) electrons. The third-order valence-corrected chi connectivity index (χ3v) is 2.93. The van der Waals surface area contributed by atoms with Crippen molar-refractivity contribution in [2.75, 3.05) is 6.54 Å². The van der Waals surface area contributed by atoms with Crippen molar-refractivity contribution in [3.05, 3.63) is 48.1 Å². The summed E-state index contributed by atoms with van der Waals surface area (Å²) < 4.78 is 1.71. The molecule has 0 aromatic carbocycles. The van der Waals surface area contributed by atoms with Gasteiger partial charge in [-0.15, -0.1) is 0 Å². The smallest absolute Gasteiger partial charge is 0.0545 e. The van der Waals surface area contributed by atoms with Crippen LogP contribution in [0.2, 0.25) is 0 Å². The van der Waals surface area contributed by atoms with E-state index in [0.29, 0.717) is 5.92 Å². The molecule has 96 valence electrons. The number of hydrogen-bond donors (Lipinski definition) is 2. The Hall–Kier alpha value is -1.97. The molecule has 18 heavy (non-hydrogen) atoms. The summed E-state index contributed by atoms with van der Waals surface area (Å²) in [6.45, 7) is 9.69. The second-order valence-electron chi connectivity index (χ2n) is 4.69. The van der Waals surface area contributed by atoms with Gasteiger partial charge in [-0.3, -0.25) is 0 Å². The molecule has 0 saturated carbocycles. The monoisotopic (exact) mass is 244 g/mol. The molecule has 4 heteroatoms. The van der Waals surface area contributed by atoms with E-state index in [4.69, 9.17) is 0 Å². The summed E-state index contributed by atoms with van der Waals surface area (Å²) in [5.41, 5.74) is 3.64. The van der Waals surface area contributed by atoms with Gasteiger partial charge in [0.1, 0.15) is 0 Å². The summed E-state index contributed by atoms with van der Waals surface area (Å²) in [6.07, 6.45) is 9.78. The fourth-order valence-corrected chi connectivity index (χ4v) is 1.81. The van der Waals surface area contributed by atoms with Gasteiger partial charge in [0.25, 0.3) is 0 Å². The van der Waals surface area contributed by atoms with E-state index in [1.165, 1.54) is 11.4 Å². The lowest BCUT2D eigenvalue weighted by atomic mass is 10.1. The van der Waals surface area contributed by atoms with Crippen LogP contribution in [-0.4, -0.2) is 16.3 Å². The van der Waals surface area contributed by atoms with Gasteiger partial charge in [-0.2, -0.15) is 5.10 Å². The summed E-state index contributed by atoms with van der Waals surface area (Å²) in [5.74, 6) is 0.550. The standard InChI is InChI=1S/C14H20N4/c1-4-18-10-12(8-17-18)7-15-13-5-6-14(11(2)3)16-9-13/h4-6,8,10-11,15-16H,1,7,9H2,2-3H3. The van der Waals surface area contributed by atoms with Crippen LogP contribution in [0.5, 0.6) is 0 Å².